The maximum atomic E-state index is 12.7. The zero-order valence-corrected chi connectivity index (χ0v) is 11.2. The number of nitrogens with one attached hydrogen (secondary N) is 1. The lowest BCUT2D eigenvalue weighted by molar-refractivity contribution is 0.628. The average Bonchev–Trinajstić information content (AvgIpc) is 2.68. The van der Waals surface area contributed by atoms with Gasteiger partial charge in [-0.1, -0.05) is 11.8 Å². The van der Waals surface area contributed by atoms with E-state index in [0.717, 1.165) is 29.0 Å². The monoisotopic (exact) mass is 266 g/mol. The molecule has 6 heteroatoms. The summed E-state index contributed by atoms with van der Waals surface area (Å²) in [6.07, 6.45) is 0. The first-order chi connectivity index (χ1) is 8.66. The molecule has 0 amide bonds. The molecule has 4 nitrogen and oxygen atoms in total. The second-order valence-electron chi connectivity index (χ2n) is 3.87. The largest absolute Gasteiger partial charge is 0.384 e. The van der Waals surface area contributed by atoms with Crippen molar-refractivity contribution in [1.82, 2.24) is 14.8 Å². The molecular weight excluding hydrogens is 251 g/mol. The smallest absolute Gasteiger partial charge is 0.191 e. The Bertz CT molecular complexity index is 509. The van der Waals surface area contributed by atoms with Crippen LogP contribution in [0, 0.1) is 12.7 Å². The van der Waals surface area contributed by atoms with E-state index in [9.17, 15) is 4.39 Å². The van der Waals surface area contributed by atoms with Gasteiger partial charge >= 0.3 is 0 Å². The van der Waals surface area contributed by atoms with Gasteiger partial charge in [0.1, 0.15) is 11.6 Å². The fourth-order valence-electron chi connectivity index (χ4n) is 1.42. The van der Waals surface area contributed by atoms with Crippen molar-refractivity contribution >= 4 is 17.4 Å². The van der Waals surface area contributed by atoms with Crippen LogP contribution in [0.2, 0.25) is 0 Å². The van der Waals surface area contributed by atoms with Gasteiger partial charge in [0.25, 0.3) is 0 Å². The molecule has 96 valence electrons. The molecule has 0 aliphatic carbocycles. The Kier molecular flexibility index (Phi) is 4.19. The summed E-state index contributed by atoms with van der Waals surface area (Å²) in [7, 11) is 1.95. The molecule has 0 spiro atoms. The average molecular weight is 266 g/mol. The van der Waals surface area contributed by atoms with Crippen LogP contribution in [0.3, 0.4) is 0 Å². The molecule has 0 atom stereocenters. The summed E-state index contributed by atoms with van der Waals surface area (Å²) in [4.78, 5) is 0. The van der Waals surface area contributed by atoms with Crippen LogP contribution >= 0.6 is 11.8 Å². The van der Waals surface area contributed by atoms with Crippen molar-refractivity contribution in [3.05, 3.63) is 35.9 Å². The lowest BCUT2D eigenvalue weighted by atomic mass is 10.3. The van der Waals surface area contributed by atoms with Crippen LogP contribution in [0.4, 0.5) is 10.1 Å². The summed E-state index contributed by atoms with van der Waals surface area (Å²) in [5, 5.41) is 12.2. The molecule has 1 heterocycles. The summed E-state index contributed by atoms with van der Waals surface area (Å²) >= 11 is 1.64. The van der Waals surface area contributed by atoms with E-state index in [-0.39, 0.29) is 5.82 Å². The van der Waals surface area contributed by atoms with E-state index in [0.29, 0.717) is 0 Å². The highest BCUT2D eigenvalue weighted by Crippen LogP contribution is 2.15. The summed E-state index contributed by atoms with van der Waals surface area (Å²) in [5.74, 6) is 1.57. The van der Waals surface area contributed by atoms with E-state index in [1.165, 1.54) is 12.1 Å². The molecule has 0 aliphatic rings. The van der Waals surface area contributed by atoms with E-state index in [2.05, 4.69) is 15.5 Å². The number of rotatable bonds is 5. The molecule has 2 aromatic rings. The summed E-state index contributed by atoms with van der Waals surface area (Å²) in [6, 6.07) is 6.35. The lowest BCUT2D eigenvalue weighted by Gasteiger charge is -2.05. The normalized spacial score (nSPS) is 10.6. The number of benzene rings is 1. The topological polar surface area (TPSA) is 42.7 Å². The first kappa shape index (κ1) is 12.9. The predicted molar refractivity (Wildman–Crippen MR) is 71.4 cm³/mol. The third kappa shape index (κ3) is 3.22. The zero-order chi connectivity index (χ0) is 13.0. The standard InChI is InChI=1S/C12H15FN4S/c1-9-15-16-12(17(9)2)18-8-7-14-11-5-3-10(13)4-6-11/h3-6,14H,7-8H2,1-2H3. The Labute approximate surface area is 110 Å². The number of aryl methyl sites for hydroxylation is 1. The summed E-state index contributed by atoms with van der Waals surface area (Å²) in [6.45, 7) is 2.72. The Balaban J connectivity index is 1.76. The number of thioether (sulfide) groups is 1. The number of nitrogens with zero attached hydrogens (tertiary/aromatic N) is 3. The quantitative estimate of drug-likeness (QED) is 0.667. The number of anilines is 1. The highest BCUT2D eigenvalue weighted by molar-refractivity contribution is 7.99. The van der Waals surface area contributed by atoms with Crippen LogP contribution in [0.15, 0.2) is 29.4 Å². The number of hydrogen-bond donors (Lipinski definition) is 1. The minimum atomic E-state index is -0.218. The fraction of sp³-hybridized carbons (Fsp3) is 0.333. The van der Waals surface area contributed by atoms with E-state index < -0.39 is 0 Å². The van der Waals surface area contributed by atoms with Crippen molar-refractivity contribution in [2.75, 3.05) is 17.6 Å². The van der Waals surface area contributed by atoms with Crippen LogP contribution < -0.4 is 5.32 Å². The van der Waals surface area contributed by atoms with Gasteiger partial charge in [-0.05, 0) is 31.2 Å². The zero-order valence-electron chi connectivity index (χ0n) is 10.4. The maximum Gasteiger partial charge on any atom is 0.191 e. The Morgan fingerprint density at radius 3 is 2.61 bits per heavy atom. The minimum absolute atomic E-state index is 0.218. The first-order valence-corrected chi connectivity index (χ1v) is 6.63. The molecule has 1 N–H and O–H groups in total. The molecule has 2 rings (SSSR count). The molecule has 0 unspecified atom stereocenters. The first-order valence-electron chi connectivity index (χ1n) is 5.65. The second kappa shape index (κ2) is 5.86. The van der Waals surface area contributed by atoms with E-state index in [1.807, 2.05) is 18.5 Å². The van der Waals surface area contributed by atoms with Gasteiger partial charge in [0.15, 0.2) is 5.16 Å². The summed E-state index contributed by atoms with van der Waals surface area (Å²) in [5.41, 5.74) is 0.922. The SMILES string of the molecule is Cc1nnc(SCCNc2ccc(F)cc2)n1C. The van der Waals surface area contributed by atoms with Crippen molar-refractivity contribution in [1.29, 1.82) is 0 Å². The van der Waals surface area contributed by atoms with Gasteiger partial charge in [-0.15, -0.1) is 10.2 Å². The molecule has 1 aromatic carbocycles. The Morgan fingerprint density at radius 2 is 2.00 bits per heavy atom. The van der Waals surface area contributed by atoms with Crippen molar-refractivity contribution < 1.29 is 4.39 Å². The van der Waals surface area contributed by atoms with Crippen molar-refractivity contribution in [2.45, 2.75) is 12.1 Å². The van der Waals surface area contributed by atoms with Crippen molar-refractivity contribution in [3.63, 3.8) is 0 Å². The van der Waals surface area contributed by atoms with Gasteiger partial charge in [-0.2, -0.15) is 0 Å². The molecule has 0 aliphatic heterocycles. The molecule has 0 saturated carbocycles. The van der Waals surface area contributed by atoms with Gasteiger partial charge < -0.3 is 9.88 Å². The molecule has 0 radical (unpaired) electrons. The molecular formula is C12H15FN4S. The number of aromatic nitrogens is 3. The number of halogens is 1. The van der Waals surface area contributed by atoms with Gasteiger partial charge in [-0.3, -0.25) is 0 Å². The van der Waals surface area contributed by atoms with Crippen LogP contribution in [-0.4, -0.2) is 27.1 Å². The maximum absolute atomic E-state index is 12.7. The van der Waals surface area contributed by atoms with Gasteiger partial charge in [0.2, 0.25) is 0 Å². The van der Waals surface area contributed by atoms with Crippen LogP contribution in [-0.2, 0) is 7.05 Å². The third-order valence-corrected chi connectivity index (χ3v) is 3.58. The molecule has 1 aromatic heterocycles. The van der Waals surface area contributed by atoms with E-state index >= 15 is 0 Å². The highest BCUT2D eigenvalue weighted by Gasteiger charge is 2.04. The van der Waals surface area contributed by atoms with E-state index in [4.69, 9.17) is 0 Å². The molecule has 18 heavy (non-hydrogen) atoms. The van der Waals surface area contributed by atoms with Crippen LogP contribution in [0.5, 0.6) is 0 Å². The second-order valence-corrected chi connectivity index (χ2v) is 4.93. The predicted octanol–water partition coefficient (Wildman–Crippen LogP) is 2.47. The minimum Gasteiger partial charge on any atom is -0.384 e. The number of hydrogen-bond acceptors (Lipinski definition) is 4. The molecule has 0 fully saturated rings. The lowest BCUT2D eigenvalue weighted by Crippen LogP contribution is -2.05. The van der Waals surface area contributed by atoms with Crippen LogP contribution in [0.1, 0.15) is 5.82 Å². The van der Waals surface area contributed by atoms with Crippen molar-refractivity contribution in [2.24, 2.45) is 7.05 Å². The van der Waals surface area contributed by atoms with Crippen molar-refractivity contribution in [3.8, 4) is 0 Å². The van der Waals surface area contributed by atoms with Gasteiger partial charge in [0, 0.05) is 25.0 Å². The summed E-state index contributed by atoms with van der Waals surface area (Å²) < 4.78 is 14.7. The molecule has 0 saturated heterocycles. The highest BCUT2D eigenvalue weighted by atomic mass is 32.2. The Hall–Kier alpha value is -1.56. The Morgan fingerprint density at radius 1 is 1.28 bits per heavy atom. The van der Waals surface area contributed by atoms with Gasteiger partial charge in [-0.25, -0.2) is 4.39 Å². The van der Waals surface area contributed by atoms with Gasteiger partial charge in [0.05, 0.1) is 0 Å². The van der Waals surface area contributed by atoms with Crippen LogP contribution in [0.25, 0.3) is 0 Å². The fourth-order valence-corrected chi connectivity index (χ4v) is 2.23. The van der Waals surface area contributed by atoms with E-state index in [1.54, 1.807) is 23.9 Å². The molecule has 0 bridgehead atoms. The third-order valence-electron chi connectivity index (χ3n) is 2.56.